The number of hydrogen-bond donors (Lipinski definition) is 0. The molecule has 0 amide bonds. The largest absolute Gasteiger partial charge is 0.462 e. The van der Waals surface area contributed by atoms with Crippen molar-refractivity contribution in [2.45, 2.75) is 20.3 Å². The SMILES string of the molecule is CC(=O)OC/C=C/CCOC/C=C/COC(C)=O. The van der Waals surface area contributed by atoms with E-state index in [0.717, 1.165) is 6.42 Å². The Morgan fingerprint density at radius 1 is 0.833 bits per heavy atom. The minimum atomic E-state index is -0.293. The molecule has 0 saturated carbocycles. The fourth-order valence-electron chi connectivity index (χ4n) is 0.956. The molecule has 0 radical (unpaired) electrons. The van der Waals surface area contributed by atoms with E-state index in [1.165, 1.54) is 13.8 Å². The zero-order valence-corrected chi connectivity index (χ0v) is 10.9. The van der Waals surface area contributed by atoms with Crippen molar-refractivity contribution in [1.29, 1.82) is 0 Å². The zero-order valence-electron chi connectivity index (χ0n) is 10.9. The van der Waals surface area contributed by atoms with Crippen LogP contribution in [0.15, 0.2) is 24.3 Å². The van der Waals surface area contributed by atoms with E-state index in [4.69, 9.17) is 14.2 Å². The van der Waals surface area contributed by atoms with Gasteiger partial charge in [0.05, 0.1) is 13.2 Å². The van der Waals surface area contributed by atoms with Gasteiger partial charge < -0.3 is 14.2 Å². The van der Waals surface area contributed by atoms with Crippen molar-refractivity contribution < 1.29 is 23.8 Å². The second kappa shape index (κ2) is 11.9. The number of esters is 2. The first-order chi connectivity index (χ1) is 8.63. The summed E-state index contributed by atoms with van der Waals surface area (Å²) in [6, 6.07) is 0. The first-order valence-corrected chi connectivity index (χ1v) is 5.77. The maximum absolute atomic E-state index is 10.4. The maximum atomic E-state index is 10.4. The van der Waals surface area contributed by atoms with Crippen LogP contribution < -0.4 is 0 Å². The van der Waals surface area contributed by atoms with E-state index < -0.39 is 0 Å². The highest BCUT2D eigenvalue weighted by Gasteiger charge is 1.88. The smallest absolute Gasteiger partial charge is 0.302 e. The van der Waals surface area contributed by atoms with Crippen LogP contribution in [0.1, 0.15) is 20.3 Å². The Hall–Kier alpha value is -1.62. The molecule has 0 aliphatic rings. The molecule has 0 aromatic rings. The average Bonchev–Trinajstić information content (AvgIpc) is 2.29. The highest BCUT2D eigenvalue weighted by atomic mass is 16.5. The minimum absolute atomic E-state index is 0.279. The van der Waals surface area contributed by atoms with Crippen LogP contribution in [0.3, 0.4) is 0 Å². The molecule has 0 heterocycles. The summed E-state index contributed by atoms with van der Waals surface area (Å²) in [4.78, 5) is 20.8. The Morgan fingerprint density at radius 3 is 1.89 bits per heavy atom. The van der Waals surface area contributed by atoms with Gasteiger partial charge in [0.15, 0.2) is 0 Å². The van der Waals surface area contributed by atoms with Crippen LogP contribution in [0.5, 0.6) is 0 Å². The van der Waals surface area contributed by atoms with E-state index in [0.29, 0.717) is 19.8 Å². The Morgan fingerprint density at radius 2 is 1.33 bits per heavy atom. The summed E-state index contributed by atoms with van der Waals surface area (Å²) in [6.45, 7) is 4.40. The lowest BCUT2D eigenvalue weighted by Gasteiger charge is -1.98. The normalized spacial score (nSPS) is 11.0. The molecule has 18 heavy (non-hydrogen) atoms. The van der Waals surface area contributed by atoms with Crippen molar-refractivity contribution in [3.63, 3.8) is 0 Å². The van der Waals surface area contributed by atoms with Gasteiger partial charge in [-0.25, -0.2) is 0 Å². The number of carbonyl (C=O) groups is 2. The molecule has 5 heteroatoms. The Bertz CT molecular complexity index is 264. The molecule has 0 aliphatic heterocycles. The van der Waals surface area contributed by atoms with E-state index >= 15 is 0 Å². The van der Waals surface area contributed by atoms with Gasteiger partial charge in [-0.1, -0.05) is 18.2 Å². The van der Waals surface area contributed by atoms with Crippen LogP contribution in [0, 0.1) is 0 Å². The van der Waals surface area contributed by atoms with E-state index in [1.54, 1.807) is 18.2 Å². The second-order valence-electron chi connectivity index (χ2n) is 3.41. The fourth-order valence-corrected chi connectivity index (χ4v) is 0.956. The molecule has 102 valence electrons. The third-order valence-electron chi connectivity index (χ3n) is 1.74. The van der Waals surface area contributed by atoms with E-state index in [-0.39, 0.29) is 18.5 Å². The number of rotatable bonds is 9. The van der Waals surface area contributed by atoms with E-state index in [9.17, 15) is 9.59 Å². The lowest BCUT2D eigenvalue weighted by atomic mass is 10.4. The number of carbonyl (C=O) groups excluding carboxylic acids is 2. The molecule has 0 fully saturated rings. The van der Waals surface area contributed by atoms with Crippen molar-refractivity contribution >= 4 is 11.9 Å². The summed E-state index contributed by atoms with van der Waals surface area (Å²) in [5.74, 6) is -0.577. The maximum Gasteiger partial charge on any atom is 0.302 e. The number of ether oxygens (including phenoxy) is 3. The summed E-state index contributed by atoms with van der Waals surface area (Å²) in [7, 11) is 0. The second-order valence-corrected chi connectivity index (χ2v) is 3.41. The van der Waals surface area contributed by atoms with Crippen LogP contribution in [-0.4, -0.2) is 38.4 Å². The quantitative estimate of drug-likeness (QED) is 0.356. The highest BCUT2D eigenvalue weighted by Crippen LogP contribution is 1.88. The van der Waals surface area contributed by atoms with Crippen molar-refractivity contribution in [1.82, 2.24) is 0 Å². The third kappa shape index (κ3) is 14.4. The zero-order chi connectivity index (χ0) is 13.6. The van der Waals surface area contributed by atoms with Crippen LogP contribution in [-0.2, 0) is 23.8 Å². The van der Waals surface area contributed by atoms with E-state index in [2.05, 4.69) is 0 Å². The molecule has 0 unspecified atom stereocenters. The molecular weight excluding hydrogens is 236 g/mol. The van der Waals surface area contributed by atoms with Gasteiger partial charge in [0.1, 0.15) is 13.2 Å². The third-order valence-corrected chi connectivity index (χ3v) is 1.74. The molecule has 0 rings (SSSR count). The van der Waals surface area contributed by atoms with Crippen LogP contribution in [0.25, 0.3) is 0 Å². The highest BCUT2D eigenvalue weighted by molar-refractivity contribution is 5.66. The summed E-state index contributed by atoms with van der Waals surface area (Å²) in [6.07, 6.45) is 7.97. The molecule has 0 aliphatic carbocycles. The lowest BCUT2D eigenvalue weighted by molar-refractivity contribution is -0.140. The van der Waals surface area contributed by atoms with Gasteiger partial charge in [-0.15, -0.1) is 0 Å². The van der Waals surface area contributed by atoms with Crippen molar-refractivity contribution in [3.8, 4) is 0 Å². The molecule has 0 aromatic heterocycles. The molecule has 0 bridgehead atoms. The van der Waals surface area contributed by atoms with Gasteiger partial charge in [0.25, 0.3) is 0 Å². The Balaban J connectivity index is 3.25. The Kier molecular flexibility index (Phi) is 10.8. The van der Waals surface area contributed by atoms with Crippen molar-refractivity contribution in [3.05, 3.63) is 24.3 Å². The standard InChI is InChI=1S/C13H20O5/c1-12(14)17-10-5-3-4-8-16-9-6-7-11-18-13(2)15/h3,5-7H,4,8-11H2,1-2H3/b5-3+,7-6+. The lowest BCUT2D eigenvalue weighted by Crippen LogP contribution is -1.99. The van der Waals surface area contributed by atoms with Crippen LogP contribution in [0.2, 0.25) is 0 Å². The van der Waals surface area contributed by atoms with Gasteiger partial charge in [-0.3, -0.25) is 9.59 Å². The first-order valence-electron chi connectivity index (χ1n) is 5.77. The van der Waals surface area contributed by atoms with Gasteiger partial charge in [-0.05, 0) is 12.5 Å². The van der Waals surface area contributed by atoms with Gasteiger partial charge in [-0.2, -0.15) is 0 Å². The van der Waals surface area contributed by atoms with Crippen molar-refractivity contribution in [2.24, 2.45) is 0 Å². The predicted octanol–water partition coefficient (Wildman–Crippen LogP) is 1.63. The topological polar surface area (TPSA) is 61.8 Å². The molecule has 5 nitrogen and oxygen atoms in total. The molecule has 0 atom stereocenters. The van der Waals surface area contributed by atoms with Crippen LogP contribution in [0.4, 0.5) is 0 Å². The Labute approximate surface area is 107 Å². The van der Waals surface area contributed by atoms with Gasteiger partial charge in [0, 0.05) is 13.8 Å². The molecule has 0 aromatic carbocycles. The van der Waals surface area contributed by atoms with Crippen LogP contribution >= 0.6 is 0 Å². The molecule has 0 N–H and O–H groups in total. The average molecular weight is 256 g/mol. The minimum Gasteiger partial charge on any atom is -0.462 e. The summed E-state index contributed by atoms with van der Waals surface area (Å²) < 4.78 is 14.7. The number of hydrogen-bond acceptors (Lipinski definition) is 5. The van der Waals surface area contributed by atoms with Gasteiger partial charge >= 0.3 is 11.9 Å². The van der Waals surface area contributed by atoms with E-state index in [1.807, 2.05) is 6.08 Å². The first kappa shape index (κ1) is 16.4. The predicted molar refractivity (Wildman–Crippen MR) is 67.0 cm³/mol. The summed E-state index contributed by atoms with van der Waals surface area (Å²) in [5.41, 5.74) is 0. The fraction of sp³-hybridized carbons (Fsp3) is 0.538. The molecular formula is C13H20O5. The molecule has 0 spiro atoms. The monoisotopic (exact) mass is 256 g/mol. The summed E-state index contributed by atoms with van der Waals surface area (Å²) in [5, 5.41) is 0. The molecule has 0 saturated heterocycles. The van der Waals surface area contributed by atoms with Crippen molar-refractivity contribution in [2.75, 3.05) is 26.4 Å². The summed E-state index contributed by atoms with van der Waals surface area (Å²) >= 11 is 0. The van der Waals surface area contributed by atoms with Gasteiger partial charge in [0.2, 0.25) is 0 Å².